The van der Waals surface area contributed by atoms with Gasteiger partial charge in [0, 0.05) is 12.0 Å². The second-order valence-electron chi connectivity index (χ2n) is 5.04. The number of hydrogen-bond acceptors (Lipinski definition) is 4. The quantitative estimate of drug-likeness (QED) is 0.906. The number of hydrogen-bond donors (Lipinski definition) is 1. The molecule has 0 saturated carbocycles. The first-order valence-corrected chi connectivity index (χ1v) is 6.16. The molecule has 0 bridgehead atoms. The van der Waals surface area contributed by atoms with Crippen molar-refractivity contribution in [2.24, 2.45) is 5.16 Å². The third-order valence-electron chi connectivity index (χ3n) is 2.85. The van der Waals surface area contributed by atoms with Crippen molar-refractivity contribution >= 4 is 11.7 Å². The molecule has 0 spiro atoms. The largest absolute Gasteiger partial charge is 0.491 e. The van der Waals surface area contributed by atoms with E-state index in [0.29, 0.717) is 5.71 Å². The van der Waals surface area contributed by atoms with Crippen LogP contribution >= 0.6 is 0 Å². The fraction of sp³-hybridized carbons (Fsp3) is 0.429. The van der Waals surface area contributed by atoms with Crippen molar-refractivity contribution < 1.29 is 19.5 Å². The van der Waals surface area contributed by atoms with E-state index in [1.54, 1.807) is 0 Å². The van der Waals surface area contributed by atoms with Gasteiger partial charge in [-0.15, -0.1) is 0 Å². The minimum atomic E-state index is -1.27. The molecule has 1 atom stereocenters. The highest BCUT2D eigenvalue weighted by atomic mass is 16.7. The summed E-state index contributed by atoms with van der Waals surface area (Å²) >= 11 is 0. The minimum absolute atomic E-state index is 0.0845. The maximum Gasteiger partial charge on any atom is 0.351 e. The number of carboxylic acids is 1. The SMILES string of the molecule is CC(C)Oc1cccc(C2=NO[C@@](C)(C(=O)O)C2)c1. The first kappa shape index (κ1) is 13.4. The Hall–Kier alpha value is -2.04. The average molecular weight is 263 g/mol. The Bertz CT molecular complexity index is 524. The molecule has 0 saturated heterocycles. The fourth-order valence-corrected chi connectivity index (χ4v) is 1.83. The van der Waals surface area contributed by atoms with E-state index in [2.05, 4.69) is 5.16 Å². The van der Waals surface area contributed by atoms with Crippen molar-refractivity contribution in [1.82, 2.24) is 0 Å². The van der Waals surface area contributed by atoms with Crippen LogP contribution in [0.15, 0.2) is 29.4 Å². The molecule has 5 heteroatoms. The molecule has 0 amide bonds. The maximum atomic E-state index is 11.1. The summed E-state index contributed by atoms with van der Waals surface area (Å²) < 4.78 is 5.60. The molecule has 1 N–H and O–H groups in total. The zero-order chi connectivity index (χ0) is 14.0. The summed E-state index contributed by atoms with van der Waals surface area (Å²) in [7, 11) is 0. The lowest BCUT2D eigenvalue weighted by atomic mass is 9.96. The lowest BCUT2D eigenvalue weighted by Crippen LogP contribution is -2.35. The Morgan fingerprint density at radius 2 is 2.26 bits per heavy atom. The summed E-state index contributed by atoms with van der Waals surface area (Å²) in [5.74, 6) is -0.278. The van der Waals surface area contributed by atoms with Crippen molar-refractivity contribution in [3.8, 4) is 5.75 Å². The van der Waals surface area contributed by atoms with Gasteiger partial charge < -0.3 is 14.7 Å². The van der Waals surface area contributed by atoms with Gasteiger partial charge in [-0.1, -0.05) is 17.3 Å². The summed E-state index contributed by atoms with van der Waals surface area (Å²) in [4.78, 5) is 16.1. The fourth-order valence-electron chi connectivity index (χ4n) is 1.83. The first-order valence-electron chi connectivity index (χ1n) is 6.16. The van der Waals surface area contributed by atoms with Gasteiger partial charge in [0.05, 0.1) is 11.8 Å². The van der Waals surface area contributed by atoms with E-state index in [-0.39, 0.29) is 12.5 Å². The molecule has 2 rings (SSSR count). The monoisotopic (exact) mass is 263 g/mol. The highest BCUT2D eigenvalue weighted by molar-refractivity contribution is 6.04. The van der Waals surface area contributed by atoms with Gasteiger partial charge in [0.15, 0.2) is 0 Å². The van der Waals surface area contributed by atoms with Crippen LogP contribution in [0, 0.1) is 0 Å². The molecule has 1 aromatic carbocycles. The van der Waals surface area contributed by atoms with Crippen molar-refractivity contribution in [3.63, 3.8) is 0 Å². The van der Waals surface area contributed by atoms with Crippen LogP contribution in [0.25, 0.3) is 0 Å². The molecule has 102 valence electrons. The van der Waals surface area contributed by atoms with Gasteiger partial charge in [0.1, 0.15) is 5.75 Å². The van der Waals surface area contributed by atoms with Crippen molar-refractivity contribution in [2.75, 3.05) is 0 Å². The number of benzene rings is 1. The number of carbonyl (C=O) groups is 1. The summed E-state index contributed by atoms with van der Waals surface area (Å²) in [6, 6.07) is 7.42. The Morgan fingerprint density at radius 1 is 1.53 bits per heavy atom. The third kappa shape index (κ3) is 2.86. The molecule has 0 aromatic heterocycles. The molecule has 0 unspecified atom stereocenters. The minimum Gasteiger partial charge on any atom is -0.491 e. The highest BCUT2D eigenvalue weighted by Crippen LogP contribution is 2.28. The number of carboxylic acid groups (broad SMARTS) is 1. The van der Waals surface area contributed by atoms with Crippen molar-refractivity contribution in [2.45, 2.75) is 38.9 Å². The Labute approximate surface area is 111 Å². The van der Waals surface area contributed by atoms with Gasteiger partial charge in [-0.2, -0.15) is 0 Å². The summed E-state index contributed by atoms with van der Waals surface area (Å²) in [6.45, 7) is 5.41. The second kappa shape index (κ2) is 4.91. The molecule has 0 aliphatic carbocycles. The van der Waals surface area contributed by atoms with Crippen molar-refractivity contribution in [3.05, 3.63) is 29.8 Å². The van der Waals surface area contributed by atoms with E-state index in [4.69, 9.17) is 14.7 Å². The van der Waals surface area contributed by atoms with Crippen LogP contribution in [0.5, 0.6) is 5.75 Å². The Kier molecular flexibility index (Phi) is 3.46. The van der Waals surface area contributed by atoms with Crippen LogP contribution in [-0.2, 0) is 9.63 Å². The van der Waals surface area contributed by atoms with Gasteiger partial charge in [0.25, 0.3) is 0 Å². The predicted octanol–water partition coefficient (Wildman–Crippen LogP) is 2.44. The van der Waals surface area contributed by atoms with E-state index < -0.39 is 11.6 Å². The number of oxime groups is 1. The van der Waals surface area contributed by atoms with E-state index in [0.717, 1.165) is 11.3 Å². The maximum absolute atomic E-state index is 11.1. The summed E-state index contributed by atoms with van der Waals surface area (Å²) in [5.41, 5.74) is 0.173. The van der Waals surface area contributed by atoms with Gasteiger partial charge >= 0.3 is 5.97 Å². The van der Waals surface area contributed by atoms with Crippen LogP contribution in [0.2, 0.25) is 0 Å². The molecule has 1 aromatic rings. The van der Waals surface area contributed by atoms with E-state index >= 15 is 0 Å². The lowest BCUT2D eigenvalue weighted by molar-refractivity contribution is -0.160. The third-order valence-corrected chi connectivity index (χ3v) is 2.85. The van der Waals surface area contributed by atoms with Crippen molar-refractivity contribution in [1.29, 1.82) is 0 Å². The summed E-state index contributed by atoms with van der Waals surface area (Å²) in [6.07, 6.45) is 0.328. The molecule has 1 aliphatic rings. The van der Waals surface area contributed by atoms with Crippen LogP contribution in [0.3, 0.4) is 0 Å². The van der Waals surface area contributed by atoms with Gasteiger partial charge in [0.2, 0.25) is 5.60 Å². The van der Waals surface area contributed by atoms with E-state index in [1.165, 1.54) is 6.92 Å². The molecule has 19 heavy (non-hydrogen) atoms. The Balaban J connectivity index is 2.18. The van der Waals surface area contributed by atoms with Crippen LogP contribution < -0.4 is 4.74 Å². The zero-order valence-electron chi connectivity index (χ0n) is 11.2. The smallest absolute Gasteiger partial charge is 0.351 e. The number of rotatable bonds is 4. The topological polar surface area (TPSA) is 68.1 Å². The van der Waals surface area contributed by atoms with Crippen LogP contribution in [0.1, 0.15) is 32.8 Å². The molecule has 1 heterocycles. The molecule has 1 aliphatic heterocycles. The normalized spacial score (nSPS) is 22.0. The zero-order valence-corrected chi connectivity index (χ0v) is 11.2. The van der Waals surface area contributed by atoms with Crippen LogP contribution in [0.4, 0.5) is 0 Å². The van der Waals surface area contributed by atoms with Gasteiger partial charge in [-0.05, 0) is 32.9 Å². The average Bonchev–Trinajstić information content (AvgIpc) is 2.73. The summed E-state index contributed by atoms with van der Waals surface area (Å²) in [5, 5.41) is 13.0. The van der Waals surface area contributed by atoms with Crippen LogP contribution in [-0.4, -0.2) is 28.5 Å². The molecular weight excluding hydrogens is 246 g/mol. The number of aliphatic carboxylic acids is 1. The number of ether oxygens (including phenoxy) is 1. The van der Waals surface area contributed by atoms with E-state index in [1.807, 2.05) is 38.1 Å². The lowest BCUT2D eigenvalue weighted by Gasteiger charge is -2.14. The molecule has 0 fully saturated rings. The molecule has 5 nitrogen and oxygen atoms in total. The van der Waals surface area contributed by atoms with Gasteiger partial charge in [-0.3, -0.25) is 0 Å². The number of nitrogens with zero attached hydrogens (tertiary/aromatic N) is 1. The highest BCUT2D eigenvalue weighted by Gasteiger charge is 2.42. The molecule has 0 radical (unpaired) electrons. The second-order valence-corrected chi connectivity index (χ2v) is 5.04. The predicted molar refractivity (Wildman–Crippen MR) is 70.5 cm³/mol. The van der Waals surface area contributed by atoms with Gasteiger partial charge in [-0.25, -0.2) is 4.79 Å². The van der Waals surface area contributed by atoms with E-state index in [9.17, 15) is 4.79 Å². The first-order chi connectivity index (χ1) is 8.90. The standard InChI is InChI=1S/C14H17NO4/c1-9(2)18-11-6-4-5-10(7-11)12-8-14(3,13(16)17)19-15-12/h4-7,9H,8H2,1-3H3,(H,16,17)/t14-/m1/s1. The molecular formula is C14H17NO4. The Morgan fingerprint density at radius 3 is 2.84 bits per heavy atom.